The van der Waals surface area contributed by atoms with E-state index in [1.807, 2.05) is 0 Å². The van der Waals surface area contributed by atoms with E-state index in [2.05, 4.69) is 0 Å². The molecule has 0 bridgehead atoms. The Kier molecular flexibility index (Phi) is 2.25. The van der Waals surface area contributed by atoms with Gasteiger partial charge in [-0.2, -0.15) is 0 Å². The molecular formula is CH2LiNO2. The van der Waals surface area contributed by atoms with E-state index in [9.17, 15) is 10.1 Å². The average Bonchev–Trinajstić information content (AvgIpc) is 1.38. The molecule has 4 heteroatoms. The molecule has 0 rings (SSSR count). The molecular weight excluding hydrogens is 65.0 g/mol. The molecule has 0 aliphatic rings. The van der Waals surface area contributed by atoms with Crippen LogP contribution in [0.15, 0.2) is 0 Å². The predicted octanol–water partition coefficient (Wildman–Crippen LogP) is -0.611. The second kappa shape index (κ2) is 2.25. The van der Waals surface area contributed by atoms with Crippen molar-refractivity contribution in [2.45, 2.75) is 0 Å². The van der Waals surface area contributed by atoms with Gasteiger partial charge in [-0.05, 0) is 0 Å². The van der Waals surface area contributed by atoms with E-state index in [0.29, 0.717) is 0 Å². The van der Waals surface area contributed by atoms with Crippen LogP contribution in [-0.4, -0.2) is 27.9 Å². The van der Waals surface area contributed by atoms with E-state index in [4.69, 9.17) is 0 Å². The molecule has 0 atom stereocenters. The molecule has 0 aromatic carbocycles. The molecule has 24 valence electrons. The molecule has 5 heavy (non-hydrogen) atoms. The average molecular weight is 67.0 g/mol. The van der Waals surface area contributed by atoms with Crippen LogP contribution in [0, 0.1) is 10.1 Å². The zero-order valence-electron chi connectivity index (χ0n) is 2.97. The first-order chi connectivity index (χ1) is 2.27. The third-order valence-corrected chi connectivity index (χ3v) is 0.258. The molecule has 0 amide bonds. The summed E-state index contributed by atoms with van der Waals surface area (Å²) in [6.07, 6.45) is 0. The van der Waals surface area contributed by atoms with Crippen molar-refractivity contribution in [3.05, 3.63) is 10.1 Å². The Labute approximate surface area is 38.7 Å². The molecule has 0 aliphatic carbocycles. The van der Waals surface area contributed by atoms with Crippen LogP contribution in [-0.2, 0) is 0 Å². The van der Waals surface area contributed by atoms with E-state index < -0.39 is 0 Å². The Balaban J connectivity index is 2.85. The van der Waals surface area contributed by atoms with Gasteiger partial charge in [0.1, 0.15) is 0 Å². The van der Waals surface area contributed by atoms with Crippen molar-refractivity contribution in [1.82, 2.24) is 0 Å². The molecule has 0 aromatic rings. The molecule has 0 aliphatic heterocycles. The first-order valence-electron chi connectivity index (χ1n) is 1.39. The van der Waals surface area contributed by atoms with Gasteiger partial charge in [0.25, 0.3) is 0 Å². The van der Waals surface area contributed by atoms with Crippen LogP contribution in [0.3, 0.4) is 0 Å². The monoisotopic (exact) mass is 67.0 g/mol. The van der Waals surface area contributed by atoms with Crippen molar-refractivity contribution in [1.29, 1.82) is 0 Å². The van der Waals surface area contributed by atoms with Gasteiger partial charge in [0, 0.05) is 0 Å². The van der Waals surface area contributed by atoms with Crippen molar-refractivity contribution in [3.8, 4) is 0 Å². The Bertz CT molecular complexity index is 44.9. The molecule has 0 saturated carbocycles. The fraction of sp³-hybridized carbons (Fsp3) is 1.00. The summed E-state index contributed by atoms with van der Waals surface area (Å²) < 4.78 is 0. The van der Waals surface area contributed by atoms with Gasteiger partial charge in [0.2, 0.25) is 0 Å². The second-order valence-corrected chi connectivity index (χ2v) is 0.649. The van der Waals surface area contributed by atoms with Gasteiger partial charge in [-0.15, -0.1) is 0 Å². The van der Waals surface area contributed by atoms with Crippen molar-refractivity contribution in [2.75, 3.05) is 5.22 Å². The summed E-state index contributed by atoms with van der Waals surface area (Å²) in [4.78, 5) is 8.80. The van der Waals surface area contributed by atoms with Crippen LogP contribution in [0.25, 0.3) is 0 Å². The molecule has 0 aromatic heterocycles. The predicted molar refractivity (Wildman–Crippen MR) is 17.6 cm³/mol. The third kappa shape index (κ3) is 4.00. The Hall–Kier alpha value is -0.00260. The summed E-state index contributed by atoms with van der Waals surface area (Å²) in [5.74, 6) is 0. The maximum atomic E-state index is 9.17. The summed E-state index contributed by atoms with van der Waals surface area (Å²) in [6, 6.07) is 0. The van der Waals surface area contributed by atoms with Crippen molar-refractivity contribution in [3.63, 3.8) is 0 Å². The summed E-state index contributed by atoms with van der Waals surface area (Å²) in [6.45, 7) is 0. The molecule has 0 fully saturated rings. The molecule has 0 spiro atoms. The van der Waals surface area contributed by atoms with E-state index in [0.717, 1.165) is 0 Å². The van der Waals surface area contributed by atoms with Crippen LogP contribution in [0.2, 0.25) is 0 Å². The summed E-state index contributed by atoms with van der Waals surface area (Å²) >= 11 is 1.50. The molecule has 0 radical (unpaired) electrons. The minimum atomic E-state index is -0.375. The second-order valence-electron chi connectivity index (χ2n) is 0.649. The molecule has 0 unspecified atom stereocenters. The van der Waals surface area contributed by atoms with E-state index in [1.54, 1.807) is 0 Å². The summed E-state index contributed by atoms with van der Waals surface area (Å²) in [5, 5.41) is 9.20. The van der Waals surface area contributed by atoms with Gasteiger partial charge >= 0.3 is 38.0 Å². The zero-order valence-corrected chi connectivity index (χ0v) is 2.97. The van der Waals surface area contributed by atoms with Gasteiger partial charge in [-0.1, -0.05) is 0 Å². The zero-order chi connectivity index (χ0) is 4.28. The van der Waals surface area contributed by atoms with Gasteiger partial charge in [0.15, 0.2) is 0 Å². The summed E-state index contributed by atoms with van der Waals surface area (Å²) in [5.41, 5.74) is 0. The van der Waals surface area contributed by atoms with E-state index in [-0.39, 0.29) is 10.1 Å². The minimum absolute atomic E-state index is 0.0278. The van der Waals surface area contributed by atoms with Gasteiger partial charge in [-0.3, -0.25) is 0 Å². The fourth-order valence-electron chi connectivity index (χ4n) is 0. The topological polar surface area (TPSA) is 43.1 Å². The number of rotatable bonds is 1. The van der Waals surface area contributed by atoms with Crippen LogP contribution in [0.5, 0.6) is 0 Å². The third-order valence-electron chi connectivity index (χ3n) is 0.258. The van der Waals surface area contributed by atoms with Crippen LogP contribution < -0.4 is 0 Å². The number of hydrogen-bond donors (Lipinski definition) is 0. The van der Waals surface area contributed by atoms with E-state index in [1.165, 1.54) is 17.7 Å². The Morgan fingerprint density at radius 1 is 2.00 bits per heavy atom. The van der Waals surface area contributed by atoms with Crippen LogP contribution in [0.4, 0.5) is 0 Å². The van der Waals surface area contributed by atoms with Crippen molar-refractivity contribution >= 4 is 17.7 Å². The van der Waals surface area contributed by atoms with Gasteiger partial charge in [-0.25, -0.2) is 0 Å². The molecule has 3 nitrogen and oxygen atoms in total. The number of nitrogens with zero attached hydrogens (tertiary/aromatic N) is 1. The first kappa shape index (κ1) is 5.00. The standard InChI is InChI=1S/CH2NO2.Li/c1-2(3)4;/h1H2;. The summed E-state index contributed by atoms with van der Waals surface area (Å²) in [7, 11) is 0. The normalized spacial score (nSPS) is 7.60. The van der Waals surface area contributed by atoms with Crippen LogP contribution in [0.1, 0.15) is 0 Å². The Morgan fingerprint density at radius 2 is 2.20 bits per heavy atom. The Morgan fingerprint density at radius 3 is 2.20 bits per heavy atom. The van der Waals surface area contributed by atoms with E-state index >= 15 is 0 Å². The molecule has 0 N–H and O–H groups in total. The molecule has 0 heterocycles. The molecule has 0 saturated heterocycles. The number of nitro groups is 1. The quantitative estimate of drug-likeness (QED) is 0.233. The fourth-order valence-corrected chi connectivity index (χ4v) is 0. The first-order valence-corrected chi connectivity index (χ1v) is 1.39. The number of hydrogen-bond acceptors (Lipinski definition) is 2. The van der Waals surface area contributed by atoms with Crippen molar-refractivity contribution < 1.29 is 4.92 Å². The maximum absolute atomic E-state index is 9.17. The SMILES string of the molecule is [Li][CH2][N+](=O)[O-]. The van der Waals surface area contributed by atoms with Crippen LogP contribution >= 0.6 is 0 Å². The van der Waals surface area contributed by atoms with Gasteiger partial charge in [0.05, 0.1) is 0 Å². The van der Waals surface area contributed by atoms with Gasteiger partial charge < -0.3 is 0 Å². The van der Waals surface area contributed by atoms with Crippen molar-refractivity contribution in [2.24, 2.45) is 0 Å².